The molecular weight excluding hydrogens is 333 g/mol. The van der Waals surface area contributed by atoms with Crippen LogP contribution in [0.15, 0.2) is 0 Å². The Hall–Kier alpha value is -2.22. The molecule has 13 heteroatoms. The van der Waals surface area contributed by atoms with Gasteiger partial charge in [0.1, 0.15) is 0 Å². The lowest BCUT2D eigenvalue weighted by Crippen LogP contribution is -2.37. The first-order valence-electron chi connectivity index (χ1n) is 6.46. The van der Waals surface area contributed by atoms with Crippen LogP contribution in [0.2, 0.25) is 0 Å². The lowest BCUT2D eigenvalue weighted by Gasteiger charge is -2.23. The number of carboxylic acids is 4. The van der Waals surface area contributed by atoms with E-state index < -0.39 is 31.2 Å². The molecule has 24 heavy (non-hydrogen) atoms. The van der Waals surface area contributed by atoms with E-state index in [9.17, 15) is 0 Å². The van der Waals surface area contributed by atoms with Gasteiger partial charge in [-0.3, -0.25) is 0 Å². The normalized spacial score (nSPS) is 8.79. The molecule has 0 aromatic carbocycles. The lowest BCUT2D eigenvalue weighted by atomic mass is 9.92. The number of carboxylic acid groups (broad SMARTS) is 4. The third-order valence-electron chi connectivity index (χ3n) is 2.48. The minimum atomic E-state index is -2.17. The Labute approximate surface area is 138 Å². The molecule has 0 rings (SSSR count). The fourth-order valence-corrected chi connectivity index (χ4v) is 0.750. The fraction of sp³-hybridized carbons (Fsp3) is 0.636. The molecular formula is C11H24BNO11. The highest BCUT2D eigenvalue weighted by Gasteiger charge is 2.15. The Kier molecular flexibility index (Phi) is 21.3. The summed E-state index contributed by atoms with van der Waals surface area (Å²) in [5.74, 6) is -7.30. The second kappa shape index (κ2) is 17.1. The molecule has 0 aliphatic carbocycles. The third-order valence-corrected chi connectivity index (χ3v) is 2.48. The highest BCUT2D eigenvalue weighted by Crippen LogP contribution is 2.14. The van der Waals surface area contributed by atoms with E-state index in [1.807, 2.05) is 0 Å². The Bertz CT molecular complexity index is 323. The molecule has 0 saturated heterocycles. The highest BCUT2D eigenvalue weighted by atomic mass is 16.5. The van der Waals surface area contributed by atoms with Crippen molar-refractivity contribution in [2.24, 2.45) is 5.73 Å². The van der Waals surface area contributed by atoms with E-state index in [0.717, 1.165) is 19.3 Å². The van der Waals surface area contributed by atoms with Crippen molar-refractivity contribution >= 4 is 31.2 Å². The molecule has 0 aromatic heterocycles. The standard InChI is InChI=1S/C7H17N.2C2H2O4.BH3O3/c1-4-7(8,5-2)6-3;2*3-1(4)2(5)6;2-1(3)4/h4-6,8H2,1-3H3;2*(H,3,4)(H,5,6);2-4H. The predicted octanol–water partition coefficient (Wildman–Crippen LogP) is -1.83. The Morgan fingerprint density at radius 3 is 0.833 bits per heavy atom. The number of aliphatic carboxylic acids is 4. The molecule has 0 spiro atoms. The van der Waals surface area contributed by atoms with Crippen LogP contribution < -0.4 is 5.73 Å². The van der Waals surface area contributed by atoms with Gasteiger partial charge in [0.15, 0.2) is 0 Å². The quantitative estimate of drug-likeness (QED) is 0.206. The first-order valence-corrected chi connectivity index (χ1v) is 6.46. The smallest absolute Gasteiger partial charge is 0.473 e. The summed E-state index contributed by atoms with van der Waals surface area (Å²) in [6.45, 7) is 6.44. The van der Waals surface area contributed by atoms with Crippen LogP contribution in [0, 0.1) is 0 Å². The Balaban J connectivity index is -0.000000114. The fourth-order valence-electron chi connectivity index (χ4n) is 0.750. The van der Waals surface area contributed by atoms with Crippen molar-refractivity contribution in [2.75, 3.05) is 0 Å². The van der Waals surface area contributed by atoms with Gasteiger partial charge in [0.2, 0.25) is 0 Å². The van der Waals surface area contributed by atoms with Crippen LogP contribution >= 0.6 is 0 Å². The molecule has 0 aliphatic rings. The van der Waals surface area contributed by atoms with E-state index in [-0.39, 0.29) is 5.54 Å². The first-order chi connectivity index (χ1) is 10.7. The van der Waals surface area contributed by atoms with E-state index in [1.54, 1.807) is 0 Å². The van der Waals surface area contributed by atoms with Crippen molar-refractivity contribution in [2.45, 2.75) is 45.6 Å². The van der Waals surface area contributed by atoms with Crippen molar-refractivity contribution < 1.29 is 54.7 Å². The zero-order valence-electron chi connectivity index (χ0n) is 13.5. The van der Waals surface area contributed by atoms with Crippen molar-refractivity contribution in [1.29, 1.82) is 0 Å². The summed E-state index contributed by atoms with van der Waals surface area (Å²) in [4.78, 5) is 36.4. The van der Waals surface area contributed by atoms with Gasteiger partial charge in [-0.15, -0.1) is 0 Å². The average molecular weight is 357 g/mol. The molecule has 0 bridgehead atoms. The van der Waals surface area contributed by atoms with Crippen molar-refractivity contribution in [3.05, 3.63) is 0 Å². The highest BCUT2D eigenvalue weighted by molar-refractivity contribution is 6.30. The summed E-state index contributed by atoms with van der Waals surface area (Å²) in [6.07, 6.45) is 3.29. The summed E-state index contributed by atoms with van der Waals surface area (Å²) < 4.78 is 0. The summed E-state index contributed by atoms with van der Waals surface area (Å²) in [6, 6.07) is 0. The molecule has 0 atom stereocenters. The van der Waals surface area contributed by atoms with Crippen LogP contribution in [0.4, 0.5) is 0 Å². The molecule has 0 unspecified atom stereocenters. The minimum Gasteiger partial charge on any atom is -0.473 e. The first kappa shape index (κ1) is 29.8. The van der Waals surface area contributed by atoms with Crippen LogP contribution in [0.1, 0.15) is 40.0 Å². The molecule has 12 nitrogen and oxygen atoms in total. The zero-order chi connectivity index (χ0) is 20.5. The van der Waals surface area contributed by atoms with Crippen LogP contribution in [-0.2, 0) is 19.2 Å². The molecule has 0 aliphatic heterocycles. The van der Waals surface area contributed by atoms with Gasteiger partial charge in [0.05, 0.1) is 0 Å². The van der Waals surface area contributed by atoms with Crippen molar-refractivity contribution in [3.8, 4) is 0 Å². The number of rotatable bonds is 3. The number of carbonyl (C=O) groups is 4. The van der Waals surface area contributed by atoms with Gasteiger partial charge >= 0.3 is 31.2 Å². The van der Waals surface area contributed by atoms with Crippen molar-refractivity contribution in [1.82, 2.24) is 0 Å². The van der Waals surface area contributed by atoms with Crippen molar-refractivity contribution in [3.63, 3.8) is 0 Å². The molecule has 0 saturated carbocycles. The summed E-state index contributed by atoms with van der Waals surface area (Å²) in [5.41, 5.74) is 6.02. The molecule has 0 heterocycles. The van der Waals surface area contributed by atoms with Crippen LogP contribution in [0.25, 0.3) is 0 Å². The molecule has 9 N–H and O–H groups in total. The van der Waals surface area contributed by atoms with Crippen LogP contribution in [0.5, 0.6) is 0 Å². The summed E-state index contributed by atoms with van der Waals surface area (Å²) in [7, 11) is -2.17. The van der Waals surface area contributed by atoms with E-state index >= 15 is 0 Å². The van der Waals surface area contributed by atoms with Gasteiger partial charge in [0.25, 0.3) is 0 Å². The third kappa shape index (κ3) is 31.9. The van der Waals surface area contributed by atoms with Gasteiger partial charge in [0, 0.05) is 5.54 Å². The van der Waals surface area contributed by atoms with Gasteiger partial charge in [-0.05, 0) is 19.3 Å². The summed E-state index contributed by atoms with van der Waals surface area (Å²) in [5, 5.41) is 51.1. The SMILES string of the molecule is CCC(N)(CC)CC.O=C(O)C(=O)O.O=C(O)C(=O)O.OB(O)O. The zero-order valence-corrected chi connectivity index (χ0v) is 13.5. The van der Waals surface area contributed by atoms with Gasteiger partial charge in [-0.25, -0.2) is 19.2 Å². The Morgan fingerprint density at radius 1 is 0.708 bits per heavy atom. The molecule has 0 amide bonds. The predicted molar refractivity (Wildman–Crippen MR) is 80.7 cm³/mol. The lowest BCUT2D eigenvalue weighted by molar-refractivity contribution is -0.159. The second-order valence-electron chi connectivity index (χ2n) is 3.99. The Morgan fingerprint density at radius 2 is 0.833 bits per heavy atom. The second-order valence-corrected chi connectivity index (χ2v) is 3.99. The molecule has 0 fully saturated rings. The summed E-state index contributed by atoms with van der Waals surface area (Å²) >= 11 is 0. The maximum Gasteiger partial charge on any atom is 0.631 e. The average Bonchev–Trinajstić information content (AvgIpc) is 2.47. The topological polar surface area (TPSA) is 236 Å². The monoisotopic (exact) mass is 357 g/mol. The van der Waals surface area contributed by atoms with E-state index in [4.69, 9.17) is 60.4 Å². The number of hydrogen-bond acceptors (Lipinski definition) is 8. The van der Waals surface area contributed by atoms with Gasteiger partial charge in [-0.2, -0.15) is 0 Å². The van der Waals surface area contributed by atoms with E-state index in [1.165, 1.54) is 0 Å². The van der Waals surface area contributed by atoms with E-state index in [0.29, 0.717) is 0 Å². The van der Waals surface area contributed by atoms with Crippen LogP contribution in [0.3, 0.4) is 0 Å². The van der Waals surface area contributed by atoms with E-state index in [2.05, 4.69) is 20.8 Å². The molecule has 142 valence electrons. The van der Waals surface area contributed by atoms with Crippen LogP contribution in [-0.4, -0.2) is 72.2 Å². The minimum absolute atomic E-state index is 0.125. The largest absolute Gasteiger partial charge is 0.631 e. The maximum absolute atomic E-state index is 9.10. The maximum atomic E-state index is 9.10. The van der Waals surface area contributed by atoms with Gasteiger partial charge < -0.3 is 41.2 Å². The number of hydrogen-bond donors (Lipinski definition) is 8. The molecule has 0 aromatic rings. The number of nitrogens with two attached hydrogens (primary N) is 1. The van der Waals surface area contributed by atoms with Gasteiger partial charge in [-0.1, -0.05) is 20.8 Å². The molecule has 0 radical (unpaired) electrons.